The molecular formula is C46H72O19. The second-order valence-corrected chi connectivity index (χ2v) is 22.6. The first kappa shape index (κ1) is 49.5. The van der Waals surface area contributed by atoms with E-state index < -0.39 is 139 Å². The molecule has 3 heterocycles. The summed E-state index contributed by atoms with van der Waals surface area (Å²) in [4.78, 5) is 27.1. The van der Waals surface area contributed by atoms with Gasteiger partial charge in [-0.3, -0.25) is 4.79 Å². The molecule has 4 saturated carbocycles. The lowest BCUT2D eigenvalue weighted by Crippen LogP contribution is -2.70. The number of fused-ring (bicyclic) bond motifs is 7. The van der Waals surface area contributed by atoms with Crippen molar-refractivity contribution < 1.29 is 94.2 Å². The molecule has 23 unspecified atom stereocenters. The number of hydrogen-bond acceptors (Lipinski definition) is 18. The maximum Gasteiger partial charge on any atom is 0.335 e. The number of aliphatic carboxylic acids is 1. The van der Waals surface area contributed by atoms with Crippen molar-refractivity contribution in [2.45, 2.75) is 191 Å². The molecule has 8 rings (SSSR count). The molecule has 0 aromatic rings. The summed E-state index contributed by atoms with van der Waals surface area (Å²) in [6.45, 7) is 11.8. The molecule has 0 aromatic carbocycles. The van der Waals surface area contributed by atoms with Gasteiger partial charge in [0.15, 0.2) is 18.7 Å². The summed E-state index contributed by atoms with van der Waals surface area (Å²) >= 11 is 0. The average Bonchev–Trinajstić information content (AvgIpc) is 3.24. The predicted octanol–water partition coefficient (Wildman–Crippen LogP) is -0.546. The zero-order valence-electron chi connectivity index (χ0n) is 38.1. The number of carboxylic acid groups (broad SMARTS) is 1. The fourth-order valence-electron chi connectivity index (χ4n) is 14.6. The van der Waals surface area contributed by atoms with Crippen molar-refractivity contribution in [3.05, 3.63) is 11.6 Å². The Morgan fingerprint density at radius 3 is 1.92 bits per heavy atom. The monoisotopic (exact) mass is 928 g/mol. The highest BCUT2D eigenvalue weighted by molar-refractivity contribution is 5.79. The summed E-state index contributed by atoms with van der Waals surface area (Å²) < 4.78 is 34.4. The fourth-order valence-corrected chi connectivity index (χ4v) is 14.6. The van der Waals surface area contributed by atoms with E-state index in [1.54, 1.807) is 0 Å². The second kappa shape index (κ2) is 17.2. The van der Waals surface area contributed by atoms with Crippen molar-refractivity contribution in [3.8, 4) is 0 Å². The maximum atomic E-state index is 14.5. The van der Waals surface area contributed by atoms with Gasteiger partial charge in [0, 0.05) is 5.41 Å². The van der Waals surface area contributed by atoms with Gasteiger partial charge in [-0.15, -0.1) is 0 Å². The lowest BCUT2D eigenvalue weighted by atomic mass is 9.33. The largest absolute Gasteiger partial charge is 0.479 e. The molecule has 23 atom stereocenters. The van der Waals surface area contributed by atoms with Crippen LogP contribution < -0.4 is 0 Å². The molecule has 11 N–H and O–H groups in total. The van der Waals surface area contributed by atoms with E-state index in [0.717, 1.165) is 19.3 Å². The first-order chi connectivity index (χ1) is 30.3. The zero-order chi connectivity index (χ0) is 47.6. The molecule has 19 heteroatoms. The minimum Gasteiger partial charge on any atom is -0.479 e. The third-order valence-electron chi connectivity index (χ3n) is 18.6. The normalized spacial score (nSPS) is 54.2. The molecule has 0 spiro atoms. The Morgan fingerprint density at radius 2 is 1.29 bits per heavy atom. The van der Waals surface area contributed by atoms with E-state index >= 15 is 0 Å². The van der Waals surface area contributed by atoms with Crippen LogP contribution in [0.15, 0.2) is 11.6 Å². The van der Waals surface area contributed by atoms with Crippen LogP contribution in [-0.2, 0) is 38.0 Å². The van der Waals surface area contributed by atoms with Gasteiger partial charge < -0.3 is 84.6 Å². The minimum absolute atomic E-state index is 0.0108. The van der Waals surface area contributed by atoms with Gasteiger partial charge in [-0.1, -0.05) is 53.2 Å². The van der Waals surface area contributed by atoms with Crippen molar-refractivity contribution in [1.82, 2.24) is 0 Å². The molecule has 8 aliphatic rings. The fraction of sp³-hybridized carbons (Fsp3) is 0.913. The van der Waals surface area contributed by atoms with Crippen LogP contribution in [0.25, 0.3) is 0 Å². The van der Waals surface area contributed by atoms with Gasteiger partial charge >= 0.3 is 11.9 Å². The Morgan fingerprint density at radius 1 is 0.692 bits per heavy atom. The Labute approximate surface area is 378 Å². The highest BCUT2D eigenvalue weighted by Gasteiger charge is 2.71. The molecule has 7 fully saturated rings. The number of aliphatic hydroxyl groups excluding tert-OH is 10. The number of aliphatic hydroxyl groups is 10. The van der Waals surface area contributed by atoms with Crippen LogP contribution >= 0.6 is 0 Å². The summed E-state index contributed by atoms with van der Waals surface area (Å²) in [6, 6.07) is 0. The van der Waals surface area contributed by atoms with E-state index in [9.17, 15) is 65.8 Å². The lowest BCUT2D eigenvalue weighted by molar-refractivity contribution is -0.362. The van der Waals surface area contributed by atoms with Gasteiger partial charge in [-0.25, -0.2) is 4.79 Å². The number of carbonyl (C=O) groups excluding carboxylic acids is 1. The minimum atomic E-state index is -1.99. The van der Waals surface area contributed by atoms with Gasteiger partial charge in [0.2, 0.25) is 6.29 Å². The Hall–Kier alpha value is -1.92. The number of allylic oxidation sites excluding steroid dienone is 2. The van der Waals surface area contributed by atoms with Crippen molar-refractivity contribution in [2.24, 2.45) is 50.2 Å². The van der Waals surface area contributed by atoms with Gasteiger partial charge in [-0.2, -0.15) is 0 Å². The number of carbonyl (C=O) groups is 2. The summed E-state index contributed by atoms with van der Waals surface area (Å²) in [7, 11) is 0. The summed E-state index contributed by atoms with van der Waals surface area (Å²) in [5.74, 6) is -2.55. The third kappa shape index (κ3) is 7.66. The van der Waals surface area contributed by atoms with Crippen LogP contribution in [0, 0.1) is 50.2 Å². The van der Waals surface area contributed by atoms with E-state index in [1.165, 1.54) is 5.57 Å². The summed E-state index contributed by atoms with van der Waals surface area (Å²) in [5.41, 5.74) is -2.27. The smallest absolute Gasteiger partial charge is 0.335 e. The van der Waals surface area contributed by atoms with Crippen LogP contribution in [0.1, 0.15) is 99.3 Å². The topological polar surface area (TPSA) is 312 Å². The zero-order valence-corrected chi connectivity index (χ0v) is 38.1. The van der Waals surface area contributed by atoms with Crippen LogP contribution in [0.2, 0.25) is 0 Å². The van der Waals surface area contributed by atoms with Crippen LogP contribution in [0.3, 0.4) is 0 Å². The number of rotatable bonds is 8. The SMILES string of the molecule is CC1(C)CCC2(C(=O)OC3OCC(O)C(O)C3O)CCC3(C)C(=CCC4C5(C)CC(O)C(OC6OC(C(=O)O)C(OC7OCC(O)C(O)C7O)C(O)C6O)C(C)(CO)C5CCC43C)C2C1. The quantitative estimate of drug-likeness (QED) is 0.0827. The van der Waals surface area contributed by atoms with Gasteiger partial charge in [0.1, 0.15) is 54.9 Å². The predicted molar refractivity (Wildman–Crippen MR) is 222 cm³/mol. The third-order valence-corrected chi connectivity index (χ3v) is 18.6. The first-order valence-corrected chi connectivity index (χ1v) is 23.4. The number of hydrogen-bond donors (Lipinski definition) is 11. The Bertz CT molecular complexity index is 1830. The molecule has 5 aliphatic carbocycles. The molecule has 3 saturated heterocycles. The van der Waals surface area contributed by atoms with Crippen LogP contribution in [-0.4, -0.2) is 180 Å². The summed E-state index contributed by atoms with van der Waals surface area (Å²) in [6.07, 6.45) is -16.8. The maximum absolute atomic E-state index is 14.5. The molecule has 3 aliphatic heterocycles. The summed E-state index contributed by atoms with van der Waals surface area (Å²) in [5, 5.41) is 118. The molecule has 65 heavy (non-hydrogen) atoms. The van der Waals surface area contributed by atoms with Gasteiger partial charge in [0.05, 0.1) is 37.4 Å². The van der Waals surface area contributed by atoms with Crippen molar-refractivity contribution in [1.29, 1.82) is 0 Å². The number of esters is 1. The van der Waals surface area contributed by atoms with E-state index in [4.69, 9.17) is 28.4 Å². The Balaban J connectivity index is 1.04. The second-order valence-electron chi connectivity index (χ2n) is 22.6. The molecule has 0 radical (unpaired) electrons. The lowest BCUT2D eigenvalue weighted by Gasteiger charge is -2.71. The van der Waals surface area contributed by atoms with E-state index in [2.05, 4.69) is 40.7 Å². The molecule has 0 aromatic heterocycles. The average molecular weight is 929 g/mol. The van der Waals surface area contributed by atoms with E-state index in [1.807, 2.05) is 6.92 Å². The highest BCUT2D eigenvalue weighted by Crippen LogP contribution is 2.76. The van der Waals surface area contributed by atoms with E-state index in [0.29, 0.717) is 32.1 Å². The molecular weight excluding hydrogens is 856 g/mol. The number of carboxylic acids is 1. The molecule has 0 bridgehead atoms. The first-order valence-electron chi connectivity index (χ1n) is 23.4. The molecule has 19 nitrogen and oxygen atoms in total. The Kier molecular flexibility index (Phi) is 13.1. The highest BCUT2D eigenvalue weighted by atomic mass is 16.7. The van der Waals surface area contributed by atoms with Gasteiger partial charge in [0.25, 0.3) is 0 Å². The van der Waals surface area contributed by atoms with Crippen molar-refractivity contribution in [3.63, 3.8) is 0 Å². The van der Waals surface area contributed by atoms with Crippen LogP contribution in [0.4, 0.5) is 0 Å². The van der Waals surface area contributed by atoms with E-state index in [-0.39, 0.29) is 41.6 Å². The van der Waals surface area contributed by atoms with Crippen LogP contribution in [0.5, 0.6) is 0 Å². The van der Waals surface area contributed by atoms with Gasteiger partial charge in [-0.05, 0) is 97.2 Å². The molecule has 0 amide bonds. The van der Waals surface area contributed by atoms with Crippen molar-refractivity contribution in [2.75, 3.05) is 19.8 Å². The standard InChI is InChI=1S/C46H72O19/c1-41(2)11-13-46(40(59)65-38-31(55)28(52)24(50)18-61-38)14-12-44(5)20(21(46)15-41)7-8-26-42(3)16-22(48)35(43(4,19-47)25(42)9-10-45(26,44)6)64-39-32(56)29(53)33(34(63-39)36(57)58)62-37-30(54)27(51)23(49)17-60-37/h7,21-35,37-39,47-56H,8-19H2,1-6H3,(H,57,58). The molecule has 370 valence electrons. The number of ether oxygens (including phenoxy) is 6. The van der Waals surface area contributed by atoms with Crippen molar-refractivity contribution >= 4 is 11.9 Å².